The van der Waals surface area contributed by atoms with E-state index in [2.05, 4.69) is 55.3 Å². The van der Waals surface area contributed by atoms with Gasteiger partial charge in [-0.1, -0.05) is 24.3 Å². The van der Waals surface area contributed by atoms with Gasteiger partial charge in [0.15, 0.2) is 17.0 Å². The monoisotopic (exact) mass is 424 g/mol. The van der Waals surface area contributed by atoms with Gasteiger partial charge < -0.3 is 15.5 Å². The molecule has 0 saturated carbocycles. The highest BCUT2D eigenvalue weighted by Gasteiger charge is 2.52. The van der Waals surface area contributed by atoms with E-state index in [1.54, 1.807) is 0 Å². The molecule has 1 aromatic carbocycles. The number of anilines is 3. The summed E-state index contributed by atoms with van der Waals surface area (Å²) in [6.07, 6.45) is 6.80. The van der Waals surface area contributed by atoms with Crippen LogP contribution in [0.4, 0.5) is 17.3 Å². The molecule has 3 N–H and O–H groups in total. The largest absolute Gasteiger partial charge is 0.354 e. The predicted molar refractivity (Wildman–Crippen MR) is 123 cm³/mol. The lowest BCUT2D eigenvalue weighted by Crippen LogP contribution is -2.60. The van der Waals surface area contributed by atoms with Crippen molar-refractivity contribution in [1.29, 1.82) is 0 Å². The number of H-pyrrole nitrogens is 1. The minimum absolute atomic E-state index is 0.0816. The van der Waals surface area contributed by atoms with Gasteiger partial charge in [-0.25, -0.2) is 9.97 Å². The van der Waals surface area contributed by atoms with Crippen molar-refractivity contribution in [2.45, 2.75) is 25.3 Å². The fraction of sp³-hybridized carbons (Fsp3) is 0.333. The Hall–Kier alpha value is -3.52. The molecule has 1 atom stereocenters. The minimum Gasteiger partial charge on any atom is -0.354 e. The van der Waals surface area contributed by atoms with Gasteiger partial charge in [0.25, 0.3) is 0 Å². The van der Waals surface area contributed by atoms with Crippen LogP contribution in [-0.2, 0) is 12.8 Å². The second-order valence-corrected chi connectivity index (χ2v) is 9.27. The van der Waals surface area contributed by atoms with Gasteiger partial charge in [0.05, 0.1) is 17.6 Å². The average molecular weight is 425 g/mol. The van der Waals surface area contributed by atoms with E-state index in [1.165, 1.54) is 11.1 Å². The Morgan fingerprint density at radius 2 is 2.00 bits per heavy atom. The lowest BCUT2D eigenvalue weighted by molar-refractivity contribution is 0.181. The molecule has 1 aliphatic carbocycles. The first-order valence-corrected chi connectivity index (χ1v) is 11.2. The lowest BCUT2D eigenvalue weighted by Gasteiger charge is -2.51. The predicted octanol–water partition coefficient (Wildman–Crippen LogP) is 2.89. The molecule has 1 spiro atoms. The zero-order valence-corrected chi connectivity index (χ0v) is 17.7. The van der Waals surface area contributed by atoms with E-state index < -0.39 is 0 Å². The molecule has 7 rings (SSSR count). The number of fused-ring (bicyclic) bond motifs is 3. The van der Waals surface area contributed by atoms with Crippen LogP contribution in [0.3, 0.4) is 0 Å². The van der Waals surface area contributed by atoms with Crippen molar-refractivity contribution < 1.29 is 0 Å². The number of nitrogens with zero attached hydrogens (tertiary/aromatic N) is 6. The van der Waals surface area contributed by atoms with E-state index in [9.17, 15) is 0 Å². The van der Waals surface area contributed by atoms with Crippen LogP contribution in [0.15, 0.2) is 48.8 Å². The van der Waals surface area contributed by atoms with Crippen molar-refractivity contribution in [3.63, 3.8) is 0 Å². The summed E-state index contributed by atoms with van der Waals surface area (Å²) in [4.78, 5) is 18.7. The maximum absolute atomic E-state index is 6.65. The zero-order chi connectivity index (χ0) is 21.3. The molecule has 0 bridgehead atoms. The molecule has 0 unspecified atom stereocenters. The summed E-state index contributed by atoms with van der Waals surface area (Å²) in [7, 11) is 0. The molecule has 4 aromatic rings. The molecule has 8 nitrogen and oxygen atoms in total. The number of aromatic nitrogens is 5. The van der Waals surface area contributed by atoms with Crippen molar-refractivity contribution >= 4 is 28.5 Å². The SMILES string of the molecule is N[C@H]1c2ccccc2CC12CN(c1cnc3c(N4CCCc5ncccc54)n[nH]c3n1)C2. The molecule has 0 amide bonds. The summed E-state index contributed by atoms with van der Waals surface area (Å²) in [6.45, 7) is 2.69. The molecule has 0 radical (unpaired) electrons. The van der Waals surface area contributed by atoms with Gasteiger partial charge in [-0.2, -0.15) is 5.10 Å². The van der Waals surface area contributed by atoms with Crippen LogP contribution >= 0.6 is 0 Å². The van der Waals surface area contributed by atoms with Crippen LogP contribution in [0.5, 0.6) is 0 Å². The number of hydrogen-bond acceptors (Lipinski definition) is 7. The number of nitrogens with two attached hydrogens (primary N) is 1. The van der Waals surface area contributed by atoms with Crippen molar-refractivity contribution in [1.82, 2.24) is 25.1 Å². The number of nitrogens with one attached hydrogen (secondary N) is 1. The number of aromatic amines is 1. The van der Waals surface area contributed by atoms with E-state index in [0.29, 0.717) is 5.65 Å². The quantitative estimate of drug-likeness (QED) is 0.510. The second kappa shape index (κ2) is 6.49. The van der Waals surface area contributed by atoms with Gasteiger partial charge >= 0.3 is 0 Å². The van der Waals surface area contributed by atoms with Crippen LogP contribution in [0.1, 0.15) is 29.3 Å². The van der Waals surface area contributed by atoms with E-state index in [1.807, 2.05) is 18.5 Å². The number of benzene rings is 1. The van der Waals surface area contributed by atoms with Gasteiger partial charge in [-0.3, -0.25) is 10.1 Å². The Kier molecular flexibility index (Phi) is 3.67. The van der Waals surface area contributed by atoms with Gasteiger partial charge in [-0.05, 0) is 42.5 Å². The highest BCUT2D eigenvalue weighted by Crippen LogP contribution is 2.50. The van der Waals surface area contributed by atoms with E-state index >= 15 is 0 Å². The highest BCUT2D eigenvalue weighted by molar-refractivity contribution is 5.87. The lowest BCUT2D eigenvalue weighted by atomic mass is 9.74. The summed E-state index contributed by atoms with van der Waals surface area (Å²) in [5, 5.41) is 7.69. The van der Waals surface area contributed by atoms with Crippen LogP contribution < -0.4 is 15.5 Å². The third-order valence-electron chi connectivity index (χ3n) is 7.38. The summed E-state index contributed by atoms with van der Waals surface area (Å²) in [6, 6.07) is 12.7. The van der Waals surface area contributed by atoms with Crippen LogP contribution in [0.2, 0.25) is 0 Å². The fourth-order valence-corrected chi connectivity index (χ4v) is 5.74. The normalized spacial score (nSPS) is 21.0. The van der Waals surface area contributed by atoms with Gasteiger partial charge in [0.2, 0.25) is 0 Å². The van der Waals surface area contributed by atoms with Crippen molar-refractivity contribution in [2.75, 3.05) is 29.4 Å². The Balaban J connectivity index is 1.16. The molecule has 2 aliphatic heterocycles. The van der Waals surface area contributed by atoms with Crippen LogP contribution in [0.25, 0.3) is 11.2 Å². The smallest absolute Gasteiger partial charge is 0.183 e. The molecule has 1 fully saturated rings. The summed E-state index contributed by atoms with van der Waals surface area (Å²) < 4.78 is 0. The Labute approximate surface area is 185 Å². The maximum atomic E-state index is 6.65. The molecule has 160 valence electrons. The number of hydrogen-bond donors (Lipinski definition) is 2. The molecule has 8 heteroatoms. The fourth-order valence-electron chi connectivity index (χ4n) is 5.74. The first-order chi connectivity index (χ1) is 15.7. The number of rotatable bonds is 2. The Morgan fingerprint density at radius 3 is 2.91 bits per heavy atom. The third kappa shape index (κ3) is 2.47. The van der Waals surface area contributed by atoms with Crippen LogP contribution in [-0.4, -0.2) is 44.8 Å². The van der Waals surface area contributed by atoms with E-state index in [-0.39, 0.29) is 11.5 Å². The second-order valence-electron chi connectivity index (χ2n) is 9.27. The van der Waals surface area contributed by atoms with Crippen molar-refractivity contribution in [3.05, 3.63) is 65.6 Å². The Bertz CT molecular complexity index is 1340. The third-order valence-corrected chi connectivity index (χ3v) is 7.38. The zero-order valence-electron chi connectivity index (χ0n) is 17.7. The van der Waals surface area contributed by atoms with Crippen molar-refractivity contribution in [2.24, 2.45) is 11.1 Å². The first-order valence-electron chi connectivity index (χ1n) is 11.2. The van der Waals surface area contributed by atoms with Crippen molar-refractivity contribution in [3.8, 4) is 0 Å². The summed E-state index contributed by atoms with van der Waals surface area (Å²) >= 11 is 0. The number of aryl methyl sites for hydroxylation is 1. The van der Waals surface area contributed by atoms with Gasteiger partial charge in [0.1, 0.15) is 5.82 Å². The summed E-state index contributed by atoms with van der Waals surface area (Å²) in [5.41, 5.74) is 13.2. The molecular formula is C24H24N8. The Morgan fingerprint density at radius 1 is 1.09 bits per heavy atom. The van der Waals surface area contributed by atoms with E-state index in [0.717, 1.165) is 67.4 Å². The average Bonchev–Trinajstić information content (AvgIpc) is 3.36. The molecule has 1 saturated heterocycles. The highest BCUT2D eigenvalue weighted by atomic mass is 15.3. The topological polar surface area (TPSA) is 99.9 Å². The summed E-state index contributed by atoms with van der Waals surface area (Å²) in [5.74, 6) is 1.70. The minimum atomic E-state index is 0.0816. The maximum Gasteiger partial charge on any atom is 0.183 e. The standard InChI is InChI=1S/C24H24N8/c25-21-16-6-2-1-5-15(16)11-24(21)13-31(14-24)19-12-27-20-22(28-19)29-30-23(20)32-10-4-7-17-18(32)8-3-9-26-17/h1-3,5-6,8-9,12,21H,4,7,10-11,13-14,25H2,(H,28,29,30)/t21-/m0/s1. The molecule has 32 heavy (non-hydrogen) atoms. The molecule has 5 heterocycles. The first kappa shape index (κ1) is 18.1. The van der Waals surface area contributed by atoms with E-state index in [4.69, 9.17) is 15.7 Å². The van der Waals surface area contributed by atoms with Gasteiger partial charge in [-0.15, -0.1) is 0 Å². The molecule has 3 aliphatic rings. The molecular weight excluding hydrogens is 400 g/mol. The molecule has 3 aromatic heterocycles. The van der Waals surface area contributed by atoms with Gasteiger partial charge in [0, 0.05) is 37.3 Å². The number of pyridine rings is 1. The van der Waals surface area contributed by atoms with Crippen LogP contribution in [0, 0.1) is 5.41 Å².